The highest BCUT2D eigenvalue weighted by atomic mass is 15.0. The van der Waals surface area contributed by atoms with Gasteiger partial charge in [0.25, 0.3) is 0 Å². The van der Waals surface area contributed by atoms with Gasteiger partial charge in [-0.15, -0.1) is 0 Å². The van der Waals surface area contributed by atoms with Crippen LogP contribution in [0, 0.1) is 6.92 Å². The predicted molar refractivity (Wildman–Crippen MR) is 73.8 cm³/mol. The van der Waals surface area contributed by atoms with Crippen molar-refractivity contribution in [1.29, 1.82) is 0 Å². The third kappa shape index (κ3) is 2.44. The fourth-order valence-corrected chi connectivity index (χ4v) is 1.83. The average Bonchev–Trinajstić information content (AvgIpc) is 2.36. The molecular formula is C14H17N3. The summed E-state index contributed by atoms with van der Waals surface area (Å²) < 4.78 is 0. The van der Waals surface area contributed by atoms with Gasteiger partial charge in [-0.2, -0.15) is 0 Å². The summed E-state index contributed by atoms with van der Waals surface area (Å²) >= 11 is 0. The number of nitrogens with one attached hydrogen (secondary N) is 1. The van der Waals surface area contributed by atoms with Gasteiger partial charge in [0.05, 0.1) is 11.2 Å². The summed E-state index contributed by atoms with van der Waals surface area (Å²) in [6.45, 7) is 4.18. The summed E-state index contributed by atoms with van der Waals surface area (Å²) in [5.41, 5.74) is 3.31. The van der Waals surface area contributed by atoms with Crippen molar-refractivity contribution in [2.75, 3.05) is 12.4 Å². The van der Waals surface area contributed by atoms with Crippen molar-refractivity contribution in [3.63, 3.8) is 0 Å². The highest BCUT2D eigenvalue weighted by molar-refractivity contribution is 6.03. The van der Waals surface area contributed by atoms with Gasteiger partial charge in [0.2, 0.25) is 0 Å². The first kappa shape index (κ1) is 11.6. The smallest absolute Gasteiger partial charge is 0.100 e. The number of fused-ring (bicyclic) bond motifs is 1. The van der Waals surface area contributed by atoms with E-state index in [0.29, 0.717) is 0 Å². The normalized spacial score (nSPS) is 11.8. The van der Waals surface area contributed by atoms with E-state index in [1.54, 1.807) is 7.05 Å². The molecule has 1 heterocycles. The van der Waals surface area contributed by atoms with Crippen LogP contribution in [-0.4, -0.2) is 17.9 Å². The van der Waals surface area contributed by atoms with E-state index in [1.165, 1.54) is 5.56 Å². The molecule has 3 heteroatoms. The number of aliphatic imine (C=N–C) groups is 1. The van der Waals surface area contributed by atoms with Crippen LogP contribution in [0.25, 0.3) is 10.9 Å². The van der Waals surface area contributed by atoms with E-state index >= 15 is 0 Å². The maximum absolute atomic E-state index is 4.36. The molecule has 3 nitrogen and oxygen atoms in total. The van der Waals surface area contributed by atoms with Crippen LogP contribution < -0.4 is 5.32 Å². The lowest BCUT2D eigenvalue weighted by molar-refractivity contribution is 1.23. The van der Waals surface area contributed by atoms with Crippen LogP contribution in [0.2, 0.25) is 0 Å². The largest absolute Gasteiger partial charge is 0.343 e. The maximum Gasteiger partial charge on any atom is 0.100 e. The first-order valence-electron chi connectivity index (χ1n) is 5.82. The number of hydrogen-bond donors (Lipinski definition) is 1. The molecule has 2 rings (SSSR count). The monoisotopic (exact) mass is 227 g/mol. The van der Waals surface area contributed by atoms with E-state index < -0.39 is 0 Å². The van der Waals surface area contributed by atoms with E-state index in [-0.39, 0.29) is 0 Å². The van der Waals surface area contributed by atoms with Crippen LogP contribution in [-0.2, 0) is 0 Å². The Morgan fingerprint density at radius 2 is 2.18 bits per heavy atom. The second-order valence-electron chi connectivity index (χ2n) is 4.03. The van der Waals surface area contributed by atoms with Crippen LogP contribution in [0.1, 0.15) is 18.9 Å². The lowest BCUT2D eigenvalue weighted by Gasteiger charge is -2.10. The van der Waals surface area contributed by atoms with E-state index in [4.69, 9.17) is 0 Å². The Bertz CT molecular complexity index is 558. The molecule has 0 unspecified atom stereocenters. The number of anilines is 1. The van der Waals surface area contributed by atoms with Gasteiger partial charge in [0, 0.05) is 25.1 Å². The molecule has 1 N–H and O–H groups in total. The molecule has 2 aromatic rings. The number of pyridine rings is 1. The van der Waals surface area contributed by atoms with Gasteiger partial charge in [-0.05, 0) is 25.1 Å². The summed E-state index contributed by atoms with van der Waals surface area (Å²) in [5.74, 6) is 0.985. The van der Waals surface area contributed by atoms with Crippen molar-refractivity contribution < 1.29 is 0 Å². The van der Waals surface area contributed by atoms with Gasteiger partial charge < -0.3 is 5.32 Å². The molecule has 0 fully saturated rings. The van der Waals surface area contributed by atoms with Crippen LogP contribution >= 0.6 is 0 Å². The van der Waals surface area contributed by atoms with E-state index in [0.717, 1.165) is 28.8 Å². The number of aryl methyl sites for hydroxylation is 1. The fraction of sp³-hybridized carbons (Fsp3) is 0.286. The number of aromatic nitrogens is 1. The van der Waals surface area contributed by atoms with Crippen molar-refractivity contribution in [2.24, 2.45) is 4.99 Å². The minimum atomic E-state index is 0.895. The molecule has 0 atom stereocenters. The molecule has 0 aliphatic heterocycles. The van der Waals surface area contributed by atoms with E-state index in [1.807, 2.05) is 18.3 Å². The highest BCUT2D eigenvalue weighted by Gasteiger charge is 2.03. The Hall–Kier alpha value is -1.90. The van der Waals surface area contributed by atoms with Crippen LogP contribution in [0.4, 0.5) is 5.69 Å². The van der Waals surface area contributed by atoms with Crippen molar-refractivity contribution in [2.45, 2.75) is 20.3 Å². The molecule has 1 aromatic heterocycles. The minimum absolute atomic E-state index is 0.895. The van der Waals surface area contributed by atoms with Gasteiger partial charge in [0.1, 0.15) is 5.84 Å². The Labute approximate surface area is 102 Å². The second kappa shape index (κ2) is 4.95. The van der Waals surface area contributed by atoms with Crippen molar-refractivity contribution in [1.82, 2.24) is 4.98 Å². The molecule has 0 aliphatic rings. The number of hydrogen-bond acceptors (Lipinski definition) is 2. The quantitative estimate of drug-likeness (QED) is 0.630. The van der Waals surface area contributed by atoms with Gasteiger partial charge in [-0.25, -0.2) is 0 Å². The molecule has 0 radical (unpaired) electrons. The van der Waals surface area contributed by atoms with Gasteiger partial charge in [-0.3, -0.25) is 9.98 Å². The first-order valence-corrected chi connectivity index (χ1v) is 5.82. The van der Waals surface area contributed by atoms with Crippen LogP contribution in [0.5, 0.6) is 0 Å². The topological polar surface area (TPSA) is 37.3 Å². The molecule has 88 valence electrons. The van der Waals surface area contributed by atoms with Crippen molar-refractivity contribution in [3.05, 3.63) is 36.0 Å². The zero-order chi connectivity index (χ0) is 12.3. The minimum Gasteiger partial charge on any atom is -0.343 e. The lowest BCUT2D eigenvalue weighted by atomic mass is 10.1. The molecule has 0 bridgehead atoms. The van der Waals surface area contributed by atoms with Gasteiger partial charge >= 0.3 is 0 Å². The Morgan fingerprint density at radius 1 is 1.35 bits per heavy atom. The number of amidine groups is 1. The molecule has 0 saturated carbocycles. The summed E-state index contributed by atoms with van der Waals surface area (Å²) in [5, 5.41) is 4.50. The fourth-order valence-electron chi connectivity index (χ4n) is 1.83. The molecule has 0 aliphatic carbocycles. The zero-order valence-electron chi connectivity index (χ0n) is 10.5. The van der Waals surface area contributed by atoms with Crippen LogP contribution in [0.15, 0.2) is 35.5 Å². The second-order valence-corrected chi connectivity index (χ2v) is 4.03. The van der Waals surface area contributed by atoms with E-state index in [9.17, 15) is 0 Å². The van der Waals surface area contributed by atoms with Crippen LogP contribution in [0.3, 0.4) is 0 Å². The number of nitrogens with zero attached hydrogens (tertiary/aromatic N) is 2. The van der Waals surface area contributed by atoms with Gasteiger partial charge in [-0.1, -0.05) is 18.6 Å². The molecule has 1 aromatic carbocycles. The number of benzene rings is 1. The summed E-state index contributed by atoms with van der Waals surface area (Å²) in [7, 11) is 1.81. The summed E-state index contributed by atoms with van der Waals surface area (Å²) in [6.07, 6.45) is 2.72. The molecule has 0 spiro atoms. The zero-order valence-corrected chi connectivity index (χ0v) is 10.5. The average molecular weight is 227 g/mol. The Kier molecular flexibility index (Phi) is 3.38. The third-order valence-electron chi connectivity index (χ3n) is 2.78. The SMILES string of the molecule is CCC(=NC)Nc1ccnc2ccc(C)cc12. The Morgan fingerprint density at radius 3 is 2.88 bits per heavy atom. The summed E-state index contributed by atoms with van der Waals surface area (Å²) in [4.78, 5) is 8.58. The summed E-state index contributed by atoms with van der Waals surface area (Å²) in [6, 6.07) is 8.26. The third-order valence-corrected chi connectivity index (χ3v) is 2.78. The molecule has 0 saturated heterocycles. The molecule has 17 heavy (non-hydrogen) atoms. The van der Waals surface area contributed by atoms with Crippen molar-refractivity contribution >= 4 is 22.4 Å². The highest BCUT2D eigenvalue weighted by Crippen LogP contribution is 2.22. The van der Waals surface area contributed by atoms with Gasteiger partial charge in [0.15, 0.2) is 0 Å². The number of rotatable bonds is 2. The lowest BCUT2D eigenvalue weighted by Crippen LogP contribution is -2.10. The Balaban J connectivity index is 2.50. The predicted octanol–water partition coefficient (Wildman–Crippen LogP) is 3.39. The maximum atomic E-state index is 4.36. The standard InChI is InChI=1S/C14H17N3/c1-4-14(15-3)17-13-7-8-16-12-6-5-10(2)9-11(12)13/h5-9H,4H2,1-3H3,(H,15,16,17). The molecular weight excluding hydrogens is 210 g/mol. The van der Waals surface area contributed by atoms with Crippen molar-refractivity contribution in [3.8, 4) is 0 Å². The molecule has 0 amide bonds. The first-order chi connectivity index (χ1) is 8.24. The van der Waals surface area contributed by atoms with E-state index in [2.05, 4.69) is 41.3 Å².